The second kappa shape index (κ2) is 9.39. The topological polar surface area (TPSA) is 73.6 Å². The average Bonchev–Trinajstić information content (AvgIpc) is 2.61. The van der Waals surface area contributed by atoms with Crippen molar-refractivity contribution in [3.8, 4) is 11.5 Å². The Morgan fingerprint density at radius 2 is 1.80 bits per heavy atom. The Labute approximate surface area is 155 Å². The van der Waals surface area contributed by atoms with Gasteiger partial charge in [-0.25, -0.2) is 0 Å². The minimum atomic E-state index is -0.419. The van der Waals surface area contributed by atoms with Gasteiger partial charge in [-0.1, -0.05) is 22.9 Å². The van der Waals surface area contributed by atoms with Crippen LogP contribution < -0.4 is 14.8 Å². The monoisotopic (exact) mass is 408 g/mol. The number of benzene rings is 2. The Balaban J connectivity index is 2.14. The van der Waals surface area contributed by atoms with Crippen molar-refractivity contribution < 1.29 is 14.4 Å². The Bertz CT molecular complexity index is 720. The van der Waals surface area contributed by atoms with Crippen molar-refractivity contribution in [1.29, 1.82) is 0 Å². The maximum absolute atomic E-state index is 10.7. The molecule has 2 aromatic carbocycles. The summed E-state index contributed by atoms with van der Waals surface area (Å²) in [5, 5.41) is 14.0. The van der Waals surface area contributed by atoms with Gasteiger partial charge in [-0.15, -0.1) is 0 Å². The van der Waals surface area contributed by atoms with Crippen LogP contribution in [0.4, 0.5) is 5.69 Å². The number of nitrogens with one attached hydrogen (secondary N) is 1. The predicted octanol–water partition coefficient (Wildman–Crippen LogP) is 4.44. The number of hydrogen-bond donors (Lipinski definition) is 1. The largest absolute Gasteiger partial charge is 0.490 e. The molecule has 0 atom stereocenters. The van der Waals surface area contributed by atoms with Crippen LogP contribution in [0.5, 0.6) is 11.5 Å². The number of rotatable bonds is 9. The fourth-order valence-corrected chi connectivity index (χ4v) is 2.69. The zero-order valence-corrected chi connectivity index (χ0v) is 15.8. The molecule has 0 amide bonds. The molecule has 0 bridgehead atoms. The number of nitro groups is 1. The van der Waals surface area contributed by atoms with Crippen LogP contribution in [0.25, 0.3) is 0 Å². The summed E-state index contributed by atoms with van der Waals surface area (Å²) in [7, 11) is 0. The van der Waals surface area contributed by atoms with Gasteiger partial charge in [0.25, 0.3) is 5.69 Å². The molecule has 7 heteroatoms. The van der Waals surface area contributed by atoms with Crippen molar-refractivity contribution in [1.82, 2.24) is 5.32 Å². The first-order chi connectivity index (χ1) is 12.0. The molecule has 0 radical (unpaired) electrons. The van der Waals surface area contributed by atoms with Gasteiger partial charge in [0.15, 0.2) is 11.5 Å². The predicted molar refractivity (Wildman–Crippen MR) is 100 cm³/mol. The highest BCUT2D eigenvalue weighted by Gasteiger charge is 2.11. The lowest BCUT2D eigenvalue weighted by Gasteiger charge is -2.15. The number of nitrogens with zero attached hydrogens (tertiary/aromatic N) is 1. The number of halogens is 1. The van der Waals surface area contributed by atoms with E-state index in [0.29, 0.717) is 24.7 Å². The van der Waals surface area contributed by atoms with E-state index in [4.69, 9.17) is 9.47 Å². The minimum absolute atomic E-state index is 0.0641. The van der Waals surface area contributed by atoms with Gasteiger partial charge in [0, 0.05) is 23.2 Å². The maximum Gasteiger partial charge on any atom is 0.269 e. The van der Waals surface area contributed by atoms with E-state index in [0.717, 1.165) is 28.7 Å². The summed E-state index contributed by atoms with van der Waals surface area (Å²) >= 11 is 3.56. The first kappa shape index (κ1) is 19.2. The van der Waals surface area contributed by atoms with Crippen molar-refractivity contribution >= 4 is 21.6 Å². The van der Waals surface area contributed by atoms with Gasteiger partial charge in [-0.05, 0) is 48.9 Å². The normalized spacial score (nSPS) is 10.5. The molecule has 0 saturated carbocycles. The van der Waals surface area contributed by atoms with E-state index >= 15 is 0 Å². The second-order valence-corrected chi connectivity index (χ2v) is 6.17. The first-order valence-electron chi connectivity index (χ1n) is 8.07. The molecule has 0 fully saturated rings. The molecular weight excluding hydrogens is 388 g/mol. The van der Waals surface area contributed by atoms with Crippen molar-refractivity contribution in [2.45, 2.75) is 27.0 Å². The lowest BCUT2D eigenvalue weighted by atomic mass is 10.2. The first-order valence-corrected chi connectivity index (χ1v) is 8.86. The average molecular weight is 409 g/mol. The van der Waals surface area contributed by atoms with E-state index in [2.05, 4.69) is 28.2 Å². The number of non-ortho nitro benzene ring substituents is 1. The Kier molecular flexibility index (Phi) is 7.21. The molecule has 0 heterocycles. The lowest BCUT2D eigenvalue weighted by Crippen LogP contribution is -2.12. The van der Waals surface area contributed by atoms with Crippen LogP contribution in [0.1, 0.15) is 25.0 Å². The van der Waals surface area contributed by atoms with Crippen LogP contribution in [0, 0.1) is 10.1 Å². The highest BCUT2D eigenvalue weighted by atomic mass is 79.9. The van der Waals surface area contributed by atoms with E-state index in [9.17, 15) is 10.1 Å². The molecule has 2 rings (SSSR count). The Morgan fingerprint density at radius 1 is 1.12 bits per heavy atom. The second-order valence-electron chi connectivity index (χ2n) is 5.32. The van der Waals surface area contributed by atoms with Gasteiger partial charge in [-0.2, -0.15) is 0 Å². The summed E-state index contributed by atoms with van der Waals surface area (Å²) in [6.45, 7) is 6.44. The number of ether oxygens (including phenoxy) is 2. The van der Waals surface area contributed by atoms with E-state index in [1.54, 1.807) is 12.1 Å². The van der Waals surface area contributed by atoms with Crippen molar-refractivity contribution in [3.05, 3.63) is 62.1 Å². The van der Waals surface area contributed by atoms with Crippen molar-refractivity contribution in [3.63, 3.8) is 0 Å². The molecule has 25 heavy (non-hydrogen) atoms. The molecular formula is C18H21BrN2O4. The smallest absolute Gasteiger partial charge is 0.269 e. The molecule has 0 aliphatic heterocycles. The number of nitro benzene ring substituents is 1. The molecule has 0 spiro atoms. The van der Waals surface area contributed by atoms with Crippen molar-refractivity contribution in [2.75, 3.05) is 13.2 Å². The van der Waals surface area contributed by atoms with Gasteiger partial charge < -0.3 is 14.8 Å². The van der Waals surface area contributed by atoms with Crippen LogP contribution in [-0.2, 0) is 13.2 Å². The van der Waals surface area contributed by atoms with Gasteiger partial charge in [0.2, 0.25) is 0 Å². The van der Waals surface area contributed by atoms with Crippen molar-refractivity contribution in [2.24, 2.45) is 0 Å². The number of hydrogen-bond acceptors (Lipinski definition) is 5. The molecule has 0 aliphatic carbocycles. The van der Waals surface area contributed by atoms with E-state index in [1.807, 2.05) is 19.1 Å². The molecule has 2 aromatic rings. The quantitative estimate of drug-likeness (QED) is 0.490. The third-order valence-corrected chi connectivity index (χ3v) is 4.26. The fourth-order valence-electron chi connectivity index (χ4n) is 2.23. The minimum Gasteiger partial charge on any atom is -0.490 e. The summed E-state index contributed by atoms with van der Waals surface area (Å²) in [6, 6.07) is 10.2. The van der Waals surface area contributed by atoms with E-state index < -0.39 is 4.92 Å². The summed E-state index contributed by atoms with van der Waals surface area (Å²) in [4.78, 5) is 10.3. The van der Waals surface area contributed by atoms with Crippen LogP contribution >= 0.6 is 15.9 Å². The summed E-state index contributed by atoms with van der Waals surface area (Å²) in [6.07, 6.45) is 0. The zero-order chi connectivity index (χ0) is 18.2. The molecule has 6 nitrogen and oxygen atoms in total. The molecule has 134 valence electrons. The highest BCUT2D eigenvalue weighted by molar-refractivity contribution is 9.10. The van der Waals surface area contributed by atoms with Crippen LogP contribution in [0.15, 0.2) is 40.9 Å². The lowest BCUT2D eigenvalue weighted by molar-refractivity contribution is -0.384. The molecule has 0 unspecified atom stereocenters. The molecule has 1 N–H and O–H groups in total. The summed E-state index contributed by atoms with van der Waals surface area (Å²) in [5.41, 5.74) is 2.00. The zero-order valence-electron chi connectivity index (χ0n) is 14.3. The highest BCUT2D eigenvalue weighted by Crippen LogP contribution is 2.34. The fraction of sp³-hybridized carbons (Fsp3) is 0.333. The summed E-state index contributed by atoms with van der Waals surface area (Å²) in [5.74, 6) is 1.31. The van der Waals surface area contributed by atoms with Crippen LogP contribution in [-0.4, -0.2) is 18.1 Å². The van der Waals surface area contributed by atoms with Gasteiger partial charge in [-0.3, -0.25) is 10.1 Å². The van der Waals surface area contributed by atoms with E-state index in [1.165, 1.54) is 12.1 Å². The maximum atomic E-state index is 10.7. The SMILES string of the molecule is CCNCc1cc(OCC)c(OCc2ccc([N+](=O)[O-])cc2)cc1Br. The standard InChI is InChI=1S/C18H21BrN2O4/c1-3-20-11-14-9-17(24-4-2)18(10-16(14)19)25-12-13-5-7-15(8-6-13)21(22)23/h5-10,20H,3-4,11-12H2,1-2H3. The Morgan fingerprint density at radius 3 is 2.40 bits per heavy atom. The Hall–Kier alpha value is -2.12. The molecule has 0 aliphatic rings. The third-order valence-electron chi connectivity index (χ3n) is 3.52. The van der Waals surface area contributed by atoms with Gasteiger partial charge in [0.1, 0.15) is 6.61 Å². The molecule has 0 aromatic heterocycles. The molecule has 0 saturated heterocycles. The summed E-state index contributed by atoms with van der Waals surface area (Å²) < 4.78 is 12.5. The van der Waals surface area contributed by atoms with Gasteiger partial charge in [0.05, 0.1) is 11.5 Å². The van der Waals surface area contributed by atoms with Gasteiger partial charge >= 0.3 is 0 Å². The van der Waals surface area contributed by atoms with E-state index in [-0.39, 0.29) is 5.69 Å². The van der Waals surface area contributed by atoms with Crippen LogP contribution in [0.3, 0.4) is 0 Å². The third kappa shape index (κ3) is 5.44. The van der Waals surface area contributed by atoms with Crippen LogP contribution in [0.2, 0.25) is 0 Å².